The zero-order chi connectivity index (χ0) is 20.9. The van der Waals surface area contributed by atoms with Crippen LogP contribution in [0.25, 0.3) is 0 Å². The first-order valence-electron chi connectivity index (χ1n) is 9.89. The lowest BCUT2D eigenvalue weighted by atomic mass is 9.79. The van der Waals surface area contributed by atoms with Crippen molar-refractivity contribution in [2.24, 2.45) is 11.8 Å². The van der Waals surface area contributed by atoms with Gasteiger partial charge in [-0.1, -0.05) is 19.9 Å². The molecule has 0 spiro atoms. The smallest absolute Gasteiger partial charge is 0.319 e. The molecule has 1 aromatic carbocycles. The molecule has 0 radical (unpaired) electrons. The van der Waals surface area contributed by atoms with Crippen LogP contribution in [0.3, 0.4) is 0 Å². The third-order valence-electron chi connectivity index (χ3n) is 5.52. The van der Waals surface area contributed by atoms with Crippen LogP contribution in [-0.4, -0.2) is 25.5 Å². The summed E-state index contributed by atoms with van der Waals surface area (Å²) in [6, 6.07) is 9.47. The van der Waals surface area contributed by atoms with Gasteiger partial charge in [-0.15, -0.1) is 0 Å². The van der Waals surface area contributed by atoms with Crippen LogP contribution < -0.4 is 15.4 Å². The van der Waals surface area contributed by atoms with Crippen molar-refractivity contribution in [3.8, 4) is 0 Å². The number of amides is 2. The summed E-state index contributed by atoms with van der Waals surface area (Å²) in [7, 11) is -3.58. The number of hydrogen-bond donors (Lipinski definition) is 3. The highest BCUT2D eigenvalue weighted by Crippen LogP contribution is 2.30. The van der Waals surface area contributed by atoms with Crippen molar-refractivity contribution in [1.29, 1.82) is 0 Å². The van der Waals surface area contributed by atoms with Crippen molar-refractivity contribution in [2.75, 3.05) is 5.32 Å². The molecule has 1 aliphatic carbocycles. The van der Waals surface area contributed by atoms with Gasteiger partial charge in [0.1, 0.15) is 0 Å². The lowest BCUT2D eigenvalue weighted by Crippen LogP contribution is -2.39. The zero-order valence-electron chi connectivity index (χ0n) is 16.8. The Morgan fingerprint density at radius 3 is 2.52 bits per heavy atom. The Labute approximate surface area is 172 Å². The molecular weight excluding hydrogens is 388 g/mol. The van der Waals surface area contributed by atoms with Gasteiger partial charge in [0, 0.05) is 30.7 Å². The fraction of sp³-hybridized carbons (Fsp3) is 0.429. The van der Waals surface area contributed by atoms with Gasteiger partial charge in [0.25, 0.3) is 0 Å². The summed E-state index contributed by atoms with van der Waals surface area (Å²) in [5.74, 6) is 1.14. The Kier molecular flexibility index (Phi) is 6.87. The van der Waals surface area contributed by atoms with Crippen LogP contribution in [0.1, 0.15) is 38.7 Å². The van der Waals surface area contributed by atoms with E-state index in [4.69, 9.17) is 0 Å². The molecule has 3 N–H and O–H groups in total. The second-order valence-corrected chi connectivity index (χ2v) is 9.49. The maximum Gasteiger partial charge on any atom is 0.319 e. The van der Waals surface area contributed by atoms with E-state index >= 15 is 0 Å². The summed E-state index contributed by atoms with van der Waals surface area (Å²) in [6.45, 7) is 4.74. The molecule has 1 aromatic heterocycles. The first-order valence-corrected chi connectivity index (χ1v) is 11.4. The molecule has 3 unspecified atom stereocenters. The minimum absolute atomic E-state index is 0.0257. The van der Waals surface area contributed by atoms with E-state index in [0.29, 0.717) is 24.1 Å². The van der Waals surface area contributed by atoms with Gasteiger partial charge in [0.2, 0.25) is 10.0 Å². The monoisotopic (exact) mass is 416 g/mol. The van der Waals surface area contributed by atoms with Crippen molar-refractivity contribution >= 4 is 21.7 Å². The Morgan fingerprint density at radius 2 is 1.86 bits per heavy atom. The number of nitrogens with one attached hydrogen (secondary N) is 3. The first-order chi connectivity index (χ1) is 13.8. The van der Waals surface area contributed by atoms with E-state index in [1.807, 2.05) is 6.07 Å². The molecule has 1 fully saturated rings. The highest BCUT2D eigenvalue weighted by Gasteiger charge is 2.28. The predicted octanol–water partition coefficient (Wildman–Crippen LogP) is 3.51. The minimum Gasteiger partial charge on any atom is -0.334 e. The van der Waals surface area contributed by atoms with Crippen molar-refractivity contribution in [2.45, 2.75) is 50.6 Å². The summed E-state index contributed by atoms with van der Waals surface area (Å²) in [4.78, 5) is 16.2. The Morgan fingerprint density at radius 1 is 1.10 bits per heavy atom. The highest BCUT2D eigenvalue weighted by molar-refractivity contribution is 7.89. The van der Waals surface area contributed by atoms with E-state index < -0.39 is 10.0 Å². The number of aromatic nitrogens is 1. The van der Waals surface area contributed by atoms with Crippen molar-refractivity contribution in [3.63, 3.8) is 0 Å². The third-order valence-corrected chi connectivity index (χ3v) is 7.05. The largest absolute Gasteiger partial charge is 0.334 e. The maximum atomic E-state index is 12.7. The van der Waals surface area contributed by atoms with Crippen LogP contribution >= 0.6 is 0 Å². The molecular formula is C21H28N4O3S. The molecule has 1 heterocycles. The Bertz CT molecular complexity index is 917. The molecule has 2 aromatic rings. The summed E-state index contributed by atoms with van der Waals surface area (Å²) < 4.78 is 28.2. The standard InChI is InChI=1S/C21H28N4O3S/c1-15-5-6-19(12-16(15)2)25-29(27,28)20-9-7-18(8-10-20)24-21(26)23-14-17-4-3-11-22-13-17/h3-4,7-11,13,15-16,19,25H,5-6,12,14H2,1-2H3,(H2,23,24,26). The fourth-order valence-corrected chi connectivity index (χ4v) is 4.80. The van der Waals surface area contributed by atoms with Gasteiger partial charge in [-0.05, 0) is 67.0 Å². The van der Waals surface area contributed by atoms with E-state index in [1.54, 1.807) is 30.6 Å². The number of hydrogen-bond acceptors (Lipinski definition) is 4. The number of anilines is 1. The van der Waals surface area contributed by atoms with Gasteiger partial charge in [0.15, 0.2) is 0 Å². The van der Waals surface area contributed by atoms with E-state index in [0.717, 1.165) is 24.8 Å². The number of rotatable bonds is 6. The predicted molar refractivity (Wildman–Crippen MR) is 113 cm³/mol. The number of urea groups is 1. The third kappa shape index (κ3) is 6.01. The molecule has 8 heteroatoms. The van der Waals surface area contributed by atoms with Crippen LogP contribution in [0.4, 0.5) is 10.5 Å². The van der Waals surface area contributed by atoms with E-state index in [9.17, 15) is 13.2 Å². The van der Waals surface area contributed by atoms with Gasteiger partial charge in [-0.2, -0.15) is 0 Å². The molecule has 156 valence electrons. The summed E-state index contributed by atoms with van der Waals surface area (Å²) in [6.07, 6.45) is 6.11. The number of nitrogens with zero attached hydrogens (tertiary/aromatic N) is 1. The Balaban J connectivity index is 1.54. The summed E-state index contributed by atoms with van der Waals surface area (Å²) in [5.41, 5.74) is 1.41. The molecule has 29 heavy (non-hydrogen) atoms. The number of carbonyl (C=O) groups is 1. The lowest BCUT2D eigenvalue weighted by molar-refractivity contribution is 0.242. The normalized spacial score (nSPS) is 22.1. The van der Waals surface area contributed by atoms with Gasteiger partial charge in [-0.25, -0.2) is 17.9 Å². The highest BCUT2D eigenvalue weighted by atomic mass is 32.2. The van der Waals surface area contributed by atoms with Crippen molar-refractivity contribution in [3.05, 3.63) is 54.4 Å². The number of benzene rings is 1. The Hall–Kier alpha value is -2.45. The maximum absolute atomic E-state index is 12.7. The molecule has 3 rings (SSSR count). The average molecular weight is 417 g/mol. The molecule has 0 aliphatic heterocycles. The summed E-state index contributed by atoms with van der Waals surface area (Å²) in [5, 5.41) is 5.43. The molecule has 1 aliphatic rings. The fourth-order valence-electron chi connectivity index (χ4n) is 3.52. The topological polar surface area (TPSA) is 100 Å². The molecule has 1 saturated carbocycles. The van der Waals surface area contributed by atoms with Gasteiger partial charge < -0.3 is 10.6 Å². The van der Waals surface area contributed by atoms with Crippen LogP contribution in [0.15, 0.2) is 53.7 Å². The number of sulfonamides is 1. The van der Waals surface area contributed by atoms with Crippen molar-refractivity contribution < 1.29 is 13.2 Å². The van der Waals surface area contributed by atoms with Crippen LogP contribution in [0.5, 0.6) is 0 Å². The quantitative estimate of drug-likeness (QED) is 0.671. The minimum atomic E-state index is -3.58. The number of pyridine rings is 1. The lowest BCUT2D eigenvalue weighted by Gasteiger charge is -2.32. The van der Waals surface area contributed by atoms with E-state index in [2.05, 4.69) is 34.2 Å². The van der Waals surface area contributed by atoms with Gasteiger partial charge in [0.05, 0.1) is 4.90 Å². The van der Waals surface area contributed by atoms with E-state index in [-0.39, 0.29) is 17.0 Å². The molecule has 3 atom stereocenters. The second-order valence-electron chi connectivity index (χ2n) is 7.78. The molecule has 2 amide bonds. The van der Waals surface area contributed by atoms with Gasteiger partial charge in [-0.3, -0.25) is 4.98 Å². The molecule has 0 saturated heterocycles. The van der Waals surface area contributed by atoms with E-state index in [1.165, 1.54) is 12.1 Å². The summed E-state index contributed by atoms with van der Waals surface area (Å²) >= 11 is 0. The van der Waals surface area contributed by atoms with Crippen LogP contribution in [-0.2, 0) is 16.6 Å². The second kappa shape index (κ2) is 9.37. The van der Waals surface area contributed by atoms with Crippen molar-refractivity contribution in [1.82, 2.24) is 15.0 Å². The SMILES string of the molecule is CC1CCC(NS(=O)(=O)c2ccc(NC(=O)NCc3cccnc3)cc2)CC1C. The molecule has 7 nitrogen and oxygen atoms in total. The van der Waals surface area contributed by atoms with Gasteiger partial charge >= 0.3 is 6.03 Å². The van der Waals surface area contributed by atoms with Crippen LogP contribution in [0.2, 0.25) is 0 Å². The van der Waals surface area contributed by atoms with Crippen LogP contribution in [0, 0.1) is 11.8 Å². The zero-order valence-corrected chi connectivity index (χ0v) is 17.6. The number of carbonyl (C=O) groups excluding carboxylic acids is 1. The molecule has 0 bridgehead atoms. The average Bonchev–Trinajstić information content (AvgIpc) is 2.70. The first kappa shape index (κ1) is 21.3.